The number of alkyl halides is 3. The van der Waals surface area contributed by atoms with Crippen LogP contribution in [-0.4, -0.2) is 18.1 Å². The Morgan fingerprint density at radius 1 is 1.29 bits per heavy atom. The van der Waals surface area contributed by atoms with Crippen LogP contribution in [0.1, 0.15) is 17.3 Å². The number of carbonyl (C=O) groups is 1. The summed E-state index contributed by atoms with van der Waals surface area (Å²) in [5.74, 6) is -4.08. The summed E-state index contributed by atoms with van der Waals surface area (Å²) >= 11 is 0. The van der Waals surface area contributed by atoms with Crippen LogP contribution >= 0.6 is 0 Å². The molecule has 1 rings (SSSR count). The van der Waals surface area contributed by atoms with Crippen molar-refractivity contribution in [2.45, 2.75) is 19.1 Å². The maximum Gasteiger partial charge on any atom is 0.408 e. The third-order valence-corrected chi connectivity index (χ3v) is 2.03. The normalized spacial score (nSPS) is 13.3. The Labute approximate surface area is 93.4 Å². The van der Waals surface area contributed by atoms with Crippen LogP contribution in [0.25, 0.3) is 0 Å². The molecule has 0 aliphatic heterocycles. The zero-order chi connectivity index (χ0) is 13.2. The fourth-order valence-corrected chi connectivity index (χ4v) is 1.04. The molecule has 0 aliphatic rings. The lowest BCUT2D eigenvalue weighted by molar-refractivity contribution is -0.149. The Bertz CT molecular complexity index is 429. The molecule has 94 valence electrons. The molecule has 0 bridgehead atoms. The molecule has 1 aromatic rings. The molecule has 0 aliphatic carbocycles. The quantitative estimate of drug-likeness (QED) is 0.806. The summed E-state index contributed by atoms with van der Waals surface area (Å²) < 4.78 is 62.2. The fraction of sp³-hybridized carbons (Fsp3) is 0.300. The molecule has 0 saturated carbocycles. The van der Waals surface area contributed by atoms with Crippen molar-refractivity contribution in [1.82, 2.24) is 5.32 Å². The Kier molecular flexibility index (Phi) is 3.69. The number of benzene rings is 1. The smallest absolute Gasteiger partial charge is 0.340 e. The molecule has 1 N–H and O–H groups in total. The molecular formula is C10H8F5NO. The molecule has 0 saturated heterocycles. The van der Waals surface area contributed by atoms with E-state index in [1.54, 1.807) is 0 Å². The van der Waals surface area contributed by atoms with E-state index in [1.807, 2.05) is 0 Å². The minimum Gasteiger partial charge on any atom is -0.340 e. The van der Waals surface area contributed by atoms with E-state index in [0.29, 0.717) is 6.92 Å². The van der Waals surface area contributed by atoms with Gasteiger partial charge in [-0.25, -0.2) is 8.78 Å². The van der Waals surface area contributed by atoms with E-state index < -0.39 is 35.3 Å². The van der Waals surface area contributed by atoms with Gasteiger partial charge in [-0.2, -0.15) is 13.2 Å². The highest BCUT2D eigenvalue weighted by atomic mass is 19.4. The Hall–Kier alpha value is -1.66. The number of hydrogen-bond acceptors (Lipinski definition) is 1. The minimum absolute atomic E-state index is 0.703. The SMILES string of the molecule is C[C@H](NC(=O)c1cccc(F)c1F)C(F)(F)F. The van der Waals surface area contributed by atoms with Crippen LogP contribution in [0.15, 0.2) is 18.2 Å². The first-order valence-electron chi connectivity index (χ1n) is 4.55. The van der Waals surface area contributed by atoms with Crippen LogP contribution < -0.4 is 5.32 Å². The largest absolute Gasteiger partial charge is 0.408 e. The number of carbonyl (C=O) groups excluding carboxylic acids is 1. The molecular weight excluding hydrogens is 245 g/mol. The maximum absolute atomic E-state index is 13.1. The molecule has 1 amide bonds. The zero-order valence-corrected chi connectivity index (χ0v) is 8.61. The second-order valence-electron chi connectivity index (χ2n) is 3.34. The van der Waals surface area contributed by atoms with E-state index in [-0.39, 0.29) is 0 Å². The number of nitrogens with one attached hydrogen (secondary N) is 1. The van der Waals surface area contributed by atoms with Crippen molar-refractivity contribution in [3.05, 3.63) is 35.4 Å². The average Bonchev–Trinajstić information content (AvgIpc) is 2.20. The topological polar surface area (TPSA) is 29.1 Å². The molecule has 0 heterocycles. The van der Waals surface area contributed by atoms with E-state index in [0.717, 1.165) is 18.2 Å². The first-order chi connectivity index (χ1) is 7.73. The standard InChI is InChI=1S/C10H8F5NO/c1-5(10(13,14)15)16-9(17)6-3-2-4-7(11)8(6)12/h2-5H,1H3,(H,16,17)/t5-/m0/s1. The lowest BCUT2D eigenvalue weighted by Gasteiger charge is -2.17. The molecule has 0 aromatic heterocycles. The Morgan fingerprint density at radius 3 is 2.41 bits per heavy atom. The van der Waals surface area contributed by atoms with Crippen molar-refractivity contribution in [2.75, 3.05) is 0 Å². The molecule has 0 spiro atoms. The molecule has 1 atom stereocenters. The van der Waals surface area contributed by atoms with E-state index >= 15 is 0 Å². The molecule has 0 radical (unpaired) electrons. The highest BCUT2D eigenvalue weighted by Crippen LogP contribution is 2.20. The van der Waals surface area contributed by atoms with Gasteiger partial charge in [-0.15, -0.1) is 0 Å². The molecule has 17 heavy (non-hydrogen) atoms. The van der Waals surface area contributed by atoms with Gasteiger partial charge in [0.05, 0.1) is 5.56 Å². The highest BCUT2D eigenvalue weighted by molar-refractivity contribution is 5.94. The van der Waals surface area contributed by atoms with Crippen molar-refractivity contribution >= 4 is 5.91 Å². The number of rotatable bonds is 2. The number of amides is 1. The predicted molar refractivity (Wildman–Crippen MR) is 49.3 cm³/mol. The summed E-state index contributed by atoms with van der Waals surface area (Å²) in [4.78, 5) is 11.3. The highest BCUT2D eigenvalue weighted by Gasteiger charge is 2.37. The molecule has 1 aromatic carbocycles. The van der Waals surface area contributed by atoms with Gasteiger partial charge in [0.2, 0.25) is 0 Å². The van der Waals surface area contributed by atoms with Gasteiger partial charge in [0.15, 0.2) is 11.6 Å². The third kappa shape index (κ3) is 3.15. The van der Waals surface area contributed by atoms with Gasteiger partial charge in [0.25, 0.3) is 5.91 Å². The van der Waals surface area contributed by atoms with Gasteiger partial charge in [0, 0.05) is 0 Å². The number of hydrogen-bond donors (Lipinski definition) is 1. The van der Waals surface area contributed by atoms with Gasteiger partial charge >= 0.3 is 6.18 Å². The second kappa shape index (κ2) is 4.68. The van der Waals surface area contributed by atoms with E-state index in [4.69, 9.17) is 0 Å². The summed E-state index contributed by atoms with van der Waals surface area (Å²) in [5, 5.41) is 1.53. The minimum atomic E-state index is -4.64. The summed E-state index contributed by atoms with van der Waals surface area (Å²) in [7, 11) is 0. The monoisotopic (exact) mass is 253 g/mol. The van der Waals surface area contributed by atoms with Crippen LogP contribution in [0.4, 0.5) is 22.0 Å². The van der Waals surface area contributed by atoms with Crippen LogP contribution in [0, 0.1) is 11.6 Å². The third-order valence-electron chi connectivity index (χ3n) is 2.03. The first-order valence-corrected chi connectivity index (χ1v) is 4.55. The fourth-order valence-electron chi connectivity index (χ4n) is 1.04. The molecule has 7 heteroatoms. The van der Waals surface area contributed by atoms with E-state index in [1.165, 1.54) is 5.32 Å². The van der Waals surface area contributed by atoms with Crippen molar-refractivity contribution in [1.29, 1.82) is 0 Å². The zero-order valence-electron chi connectivity index (χ0n) is 8.61. The molecule has 0 fully saturated rings. The van der Waals surface area contributed by atoms with Gasteiger partial charge < -0.3 is 5.32 Å². The Morgan fingerprint density at radius 2 is 1.88 bits per heavy atom. The summed E-state index contributed by atoms with van der Waals surface area (Å²) in [6.45, 7) is 0.703. The summed E-state index contributed by atoms with van der Waals surface area (Å²) in [5.41, 5.74) is -0.763. The van der Waals surface area contributed by atoms with Crippen LogP contribution in [-0.2, 0) is 0 Å². The number of halogens is 5. The van der Waals surface area contributed by atoms with E-state index in [9.17, 15) is 26.7 Å². The molecule has 2 nitrogen and oxygen atoms in total. The van der Waals surface area contributed by atoms with Crippen LogP contribution in [0.5, 0.6) is 0 Å². The van der Waals surface area contributed by atoms with Gasteiger partial charge in [0.1, 0.15) is 6.04 Å². The second-order valence-corrected chi connectivity index (χ2v) is 3.34. The van der Waals surface area contributed by atoms with Crippen molar-refractivity contribution in [3.8, 4) is 0 Å². The van der Waals surface area contributed by atoms with Gasteiger partial charge in [-0.3, -0.25) is 4.79 Å². The Balaban J connectivity index is 2.88. The van der Waals surface area contributed by atoms with Crippen LogP contribution in [0.3, 0.4) is 0 Å². The van der Waals surface area contributed by atoms with Crippen molar-refractivity contribution < 1.29 is 26.7 Å². The van der Waals surface area contributed by atoms with E-state index in [2.05, 4.69) is 0 Å². The van der Waals surface area contributed by atoms with Gasteiger partial charge in [-0.1, -0.05) is 6.07 Å². The maximum atomic E-state index is 13.1. The predicted octanol–water partition coefficient (Wildman–Crippen LogP) is 2.65. The van der Waals surface area contributed by atoms with Crippen molar-refractivity contribution in [2.24, 2.45) is 0 Å². The summed E-state index contributed by atoms with van der Waals surface area (Å²) in [6.07, 6.45) is -4.64. The van der Waals surface area contributed by atoms with Crippen molar-refractivity contribution in [3.63, 3.8) is 0 Å². The van der Waals surface area contributed by atoms with Gasteiger partial charge in [-0.05, 0) is 19.1 Å². The average molecular weight is 253 g/mol. The molecule has 0 unspecified atom stereocenters. The lowest BCUT2D eigenvalue weighted by Crippen LogP contribution is -2.43. The first kappa shape index (κ1) is 13.4. The lowest BCUT2D eigenvalue weighted by atomic mass is 10.2. The summed E-state index contributed by atoms with van der Waals surface area (Å²) in [6, 6.07) is 0.555. The van der Waals surface area contributed by atoms with Crippen LogP contribution in [0.2, 0.25) is 0 Å².